The quantitative estimate of drug-likeness (QED) is 0.518. The fourth-order valence-electron chi connectivity index (χ4n) is 5.27. The smallest absolute Gasteiger partial charge is 0.401 e. The number of carbonyl (C=O) groups is 1. The number of rotatable bonds is 5. The summed E-state index contributed by atoms with van der Waals surface area (Å²) in [7, 11) is 0. The first kappa shape index (κ1) is 26.5. The van der Waals surface area contributed by atoms with Crippen molar-refractivity contribution in [2.75, 3.05) is 26.2 Å². The first-order valence-electron chi connectivity index (χ1n) is 12.6. The molecule has 4 rings (SSSR count). The molecule has 0 aromatic heterocycles. The van der Waals surface area contributed by atoms with Gasteiger partial charge in [0.2, 0.25) is 0 Å². The Morgan fingerprint density at radius 3 is 2.39 bits per heavy atom. The van der Waals surface area contributed by atoms with E-state index in [-0.39, 0.29) is 18.6 Å². The summed E-state index contributed by atoms with van der Waals surface area (Å²) in [6.45, 7) is 7.69. The average molecular weight is 505 g/mol. The highest BCUT2D eigenvalue weighted by Crippen LogP contribution is 2.42. The SMILES string of the molecule is Cc1cc(C(=O)N2CCC3(CC2)CN(CC(F)(F)F)[C@H](C)[C@@H](c2ccccc2)O3)ccc1OC(C)C. The van der Waals surface area contributed by atoms with Crippen molar-refractivity contribution in [3.8, 4) is 5.75 Å². The number of amides is 1. The van der Waals surface area contributed by atoms with Crippen LogP contribution in [0.4, 0.5) is 13.2 Å². The molecule has 0 bridgehead atoms. The molecule has 2 aromatic rings. The van der Waals surface area contributed by atoms with Crippen molar-refractivity contribution < 1.29 is 27.4 Å². The predicted octanol–water partition coefficient (Wildman–Crippen LogP) is 5.78. The Balaban J connectivity index is 1.49. The van der Waals surface area contributed by atoms with Gasteiger partial charge < -0.3 is 14.4 Å². The van der Waals surface area contributed by atoms with E-state index in [4.69, 9.17) is 9.47 Å². The molecule has 196 valence electrons. The second-order valence-corrected chi connectivity index (χ2v) is 10.3. The molecule has 2 heterocycles. The molecular formula is C28H35F3N2O3. The van der Waals surface area contributed by atoms with Gasteiger partial charge in [-0.15, -0.1) is 0 Å². The van der Waals surface area contributed by atoms with E-state index in [0.29, 0.717) is 31.5 Å². The van der Waals surface area contributed by atoms with Crippen LogP contribution in [0.1, 0.15) is 61.2 Å². The molecule has 2 atom stereocenters. The van der Waals surface area contributed by atoms with Crippen molar-refractivity contribution in [2.24, 2.45) is 0 Å². The van der Waals surface area contributed by atoms with Crippen LogP contribution < -0.4 is 4.74 Å². The van der Waals surface area contributed by atoms with Crippen LogP contribution >= 0.6 is 0 Å². The standard InChI is InChI=1S/C28H35F3N2O3/c1-19(2)35-24-11-10-23(16-20(24)3)26(34)32-14-12-27(13-15-32)17-33(18-28(29,30)31)21(4)25(36-27)22-8-6-5-7-9-22/h5-11,16,19,21,25H,12-15,17-18H2,1-4H3/t21-,25+/m1/s1. The number of alkyl halides is 3. The first-order chi connectivity index (χ1) is 17.0. The number of likely N-dealkylation sites (tertiary alicyclic amines) is 1. The lowest BCUT2D eigenvalue weighted by atomic mass is 9.85. The predicted molar refractivity (Wildman–Crippen MR) is 132 cm³/mol. The molecule has 2 fully saturated rings. The number of hydrogen-bond acceptors (Lipinski definition) is 4. The van der Waals surface area contributed by atoms with E-state index in [1.165, 1.54) is 4.90 Å². The molecule has 1 amide bonds. The van der Waals surface area contributed by atoms with Gasteiger partial charge in [0.05, 0.1) is 24.4 Å². The summed E-state index contributed by atoms with van der Waals surface area (Å²) in [5.41, 5.74) is 1.61. The maximum Gasteiger partial charge on any atom is 0.401 e. The molecule has 5 nitrogen and oxygen atoms in total. The van der Waals surface area contributed by atoms with Crippen LogP contribution in [0.2, 0.25) is 0 Å². The molecule has 36 heavy (non-hydrogen) atoms. The monoisotopic (exact) mass is 504 g/mol. The van der Waals surface area contributed by atoms with Gasteiger partial charge in [0.25, 0.3) is 5.91 Å². The van der Waals surface area contributed by atoms with Crippen LogP contribution in [0.3, 0.4) is 0 Å². The number of ether oxygens (including phenoxy) is 2. The van der Waals surface area contributed by atoms with Crippen LogP contribution in [0, 0.1) is 6.92 Å². The summed E-state index contributed by atoms with van der Waals surface area (Å²) in [5, 5.41) is 0. The highest BCUT2D eigenvalue weighted by atomic mass is 19.4. The van der Waals surface area contributed by atoms with Gasteiger partial charge in [-0.05, 0) is 69.9 Å². The maximum absolute atomic E-state index is 13.4. The van der Waals surface area contributed by atoms with Gasteiger partial charge in [-0.1, -0.05) is 30.3 Å². The molecule has 0 N–H and O–H groups in total. The zero-order valence-corrected chi connectivity index (χ0v) is 21.3. The van der Waals surface area contributed by atoms with Crippen molar-refractivity contribution in [1.29, 1.82) is 0 Å². The van der Waals surface area contributed by atoms with E-state index < -0.39 is 30.5 Å². The van der Waals surface area contributed by atoms with E-state index in [2.05, 4.69) is 0 Å². The molecule has 1 spiro atoms. The van der Waals surface area contributed by atoms with Crippen LogP contribution in [0.25, 0.3) is 0 Å². The fourth-order valence-corrected chi connectivity index (χ4v) is 5.27. The largest absolute Gasteiger partial charge is 0.491 e. The molecular weight excluding hydrogens is 469 g/mol. The van der Waals surface area contributed by atoms with Gasteiger partial charge in [-0.25, -0.2) is 0 Å². The second kappa shape index (κ2) is 10.4. The van der Waals surface area contributed by atoms with E-state index >= 15 is 0 Å². The third-order valence-electron chi connectivity index (χ3n) is 7.14. The number of hydrogen-bond donors (Lipinski definition) is 0. The highest BCUT2D eigenvalue weighted by Gasteiger charge is 2.49. The number of morpholine rings is 1. The van der Waals surface area contributed by atoms with E-state index in [0.717, 1.165) is 16.9 Å². The van der Waals surface area contributed by atoms with Crippen molar-refractivity contribution in [3.05, 3.63) is 65.2 Å². The van der Waals surface area contributed by atoms with Crippen LogP contribution in [-0.4, -0.2) is 65.8 Å². The zero-order chi connectivity index (χ0) is 26.1. The lowest BCUT2D eigenvalue weighted by Gasteiger charge is -2.53. The topological polar surface area (TPSA) is 42.0 Å². The summed E-state index contributed by atoms with van der Waals surface area (Å²) in [4.78, 5) is 16.5. The highest BCUT2D eigenvalue weighted by molar-refractivity contribution is 5.94. The van der Waals surface area contributed by atoms with Gasteiger partial charge in [-0.2, -0.15) is 13.2 Å². The third kappa shape index (κ3) is 6.03. The van der Waals surface area contributed by atoms with Gasteiger partial charge in [-0.3, -0.25) is 9.69 Å². The minimum atomic E-state index is -4.30. The number of aryl methyl sites for hydroxylation is 1. The van der Waals surface area contributed by atoms with Gasteiger partial charge in [0.15, 0.2) is 0 Å². The van der Waals surface area contributed by atoms with Gasteiger partial charge in [0, 0.05) is 31.2 Å². The van der Waals surface area contributed by atoms with Crippen molar-refractivity contribution in [1.82, 2.24) is 9.80 Å². The molecule has 0 unspecified atom stereocenters. The Bertz CT molecular complexity index is 1050. The normalized spacial score (nSPS) is 22.7. The number of halogens is 3. The lowest BCUT2D eigenvalue weighted by Crippen LogP contribution is -2.62. The molecule has 8 heteroatoms. The van der Waals surface area contributed by atoms with Crippen molar-refractivity contribution in [2.45, 2.75) is 70.6 Å². The summed E-state index contributed by atoms with van der Waals surface area (Å²) >= 11 is 0. The van der Waals surface area contributed by atoms with E-state index in [1.54, 1.807) is 17.9 Å². The number of nitrogens with zero attached hydrogens (tertiary/aromatic N) is 2. The molecule has 2 aliphatic heterocycles. The number of piperidine rings is 1. The van der Waals surface area contributed by atoms with Crippen molar-refractivity contribution in [3.63, 3.8) is 0 Å². The first-order valence-corrected chi connectivity index (χ1v) is 12.6. The summed E-state index contributed by atoms with van der Waals surface area (Å²) in [6.07, 6.45) is -3.76. The number of benzene rings is 2. The van der Waals surface area contributed by atoms with Crippen molar-refractivity contribution >= 4 is 5.91 Å². The molecule has 0 radical (unpaired) electrons. The minimum absolute atomic E-state index is 0.0402. The molecule has 2 aromatic carbocycles. The average Bonchev–Trinajstić information content (AvgIpc) is 2.82. The third-order valence-corrected chi connectivity index (χ3v) is 7.14. The fraction of sp³-hybridized carbons (Fsp3) is 0.536. The summed E-state index contributed by atoms with van der Waals surface area (Å²) < 4.78 is 52.7. The Morgan fingerprint density at radius 1 is 1.14 bits per heavy atom. The Hall–Kier alpha value is -2.58. The van der Waals surface area contributed by atoms with Crippen LogP contribution in [0.5, 0.6) is 5.75 Å². The number of carbonyl (C=O) groups excluding carboxylic acids is 1. The maximum atomic E-state index is 13.4. The van der Waals surface area contributed by atoms with Gasteiger partial charge in [0.1, 0.15) is 5.75 Å². The van der Waals surface area contributed by atoms with Crippen LogP contribution in [0.15, 0.2) is 48.5 Å². The van der Waals surface area contributed by atoms with E-state index in [1.807, 2.05) is 63.2 Å². The zero-order valence-electron chi connectivity index (χ0n) is 21.3. The Morgan fingerprint density at radius 2 is 1.81 bits per heavy atom. The summed E-state index contributed by atoms with van der Waals surface area (Å²) in [6, 6.07) is 14.4. The van der Waals surface area contributed by atoms with Crippen LogP contribution in [-0.2, 0) is 4.74 Å². The Kier molecular flexibility index (Phi) is 7.67. The molecule has 2 saturated heterocycles. The van der Waals surface area contributed by atoms with Gasteiger partial charge >= 0.3 is 6.18 Å². The second-order valence-electron chi connectivity index (χ2n) is 10.3. The molecule has 2 aliphatic rings. The lowest BCUT2D eigenvalue weighted by molar-refractivity contribution is -0.223. The molecule has 0 aliphatic carbocycles. The molecule has 0 saturated carbocycles. The van der Waals surface area contributed by atoms with E-state index in [9.17, 15) is 18.0 Å². The summed E-state index contributed by atoms with van der Waals surface area (Å²) in [5.74, 6) is 0.667. The minimum Gasteiger partial charge on any atom is -0.491 e. The Labute approximate surface area is 211 Å².